The van der Waals surface area contributed by atoms with Gasteiger partial charge in [-0.15, -0.1) is 0 Å². The molecular weight excluding hydrogens is 425 g/mol. The van der Waals surface area contributed by atoms with Crippen molar-refractivity contribution < 1.29 is 4.42 Å². The molecule has 0 amide bonds. The molecule has 0 saturated carbocycles. The molecule has 29 heavy (non-hydrogen) atoms. The Labute approximate surface area is 183 Å². The zero-order valence-electron chi connectivity index (χ0n) is 15.8. The number of benzene rings is 1. The summed E-state index contributed by atoms with van der Waals surface area (Å²) in [5.74, 6) is 2.63. The number of hydrogen-bond donors (Lipinski definition) is 0. The number of furan rings is 1. The summed E-state index contributed by atoms with van der Waals surface area (Å²) in [6, 6.07) is 15.9. The van der Waals surface area contributed by atoms with Crippen LogP contribution in [0.3, 0.4) is 0 Å². The van der Waals surface area contributed by atoms with Gasteiger partial charge in [-0.25, -0.2) is 4.99 Å². The van der Waals surface area contributed by atoms with Gasteiger partial charge in [-0.1, -0.05) is 54.0 Å². The van der Waals surface area contributed by atoms with E-state index < -0.39 is 0 Å². The molecule has 3 unspecified atom stereocenters. The summed E-state index contributed by atoms with van der Waals surface area (Å²) >= 11 is 14.4. The lowest BCUT2D eigenvalue weighted by molar-refractivity contribution is 0.226. The molecule has 5 rings (SSSR count). The lowest BCUT2D eigenvalue weighted by atomic mass is 10.0. The minimum atomic E-state index is -0.0955. The maximum atomic E-state index is 6.42. The lowest BCUT2D eigenvalue weighted by Gasteiger charge is -2.30. The summed E-state index contributed by atoms with van der Waals surface area (Å²) in [5.41, 5.74) is 1.75. The van der Waals surface area contributed by atoms with E-state index in [0.717, 1.165) is 34.4 Å². The van der Waals surface area contributed by atoms with Crippen molar-refractivity contribution in [2.75, 3.05) is 5.75 Å². The molecule has 2 aliphatic rings. The van der Waals surface area contributed by atoms with Crippen molar-refractivity contribution in [1.29, 1.82) is 0 Å². The maximum absolute atomic E-state index is 6.42. The molecule has 0 bridgehead atoms. The molecule has 3 aromatic rings. The van der Waals surface area contributed by atoms with Crippen LogP contribution >= 0.6 is 35.0 Å². The lowest BCUT2D eigenvalue weighted by Crippen LogP contribution is -2.35. The first-order valence-electron chi connectivity index (χ1n) is 9.61. The second kappa shape index (κ2) is 7.71. The average molecular weight is 444 g/mol. The first-order chi connectivity index (χ1) is 14.2. The van der Waals surface area contributed by atoms with Crippen LogP contribution in [0.1, 0.15) is 36.9 Å². The fourth-order valence-corrected chi connectivity index (χ4v) is 5.74. The van der Waals surface area contributed by atoms with Crippen molar-refractivity contribution in [2.24, 2.45) is 4.99 Å². The molecule has 0 aliphatic carbocycles. The summed E-state index contributed by atoms with van der Waals surface area (Å²) in [7, 11) is 0. The van der Waals surface area contributed by atoms with Crippen molar-refractivity contribution in [1.82, 2.24) is 9.88 Å². The van der Waals surface area contributed by atoms with Crippen LogP contribution in [0.15, 0.2) is 64.1 Å². The Morgan fingerprint density at radius 2 is 2.03 bits per heavy atom. The molecule has 1 saturated heterocycles. The maximum Gasteiger partial charge on any atom is 0.161 e. The highest BCUT2D eigenvalue weighted by Gasteiger charge is 2.46. The number of pyridine rings is 1. The summed E-state index contributed by atoms with van der Waals surface area (Å²) in [6.45, 7) is 2.22. The van der Waals surface area contributed by atoms with E-state index in [1.807, 2.05) is 60.4 Å². The van der Waals surface area contributed by atoms with E-state index in [1.165, 1.54) is 0 Å². The highest BCUT2D eigenvalue weighted by Crippen LogP contribution is 2.49. The molecule has 1 aromatic carbocycles. The van der Waals surface area contributed by atoms with Crippen LogP contribution in [-0.4, -0.2) is 26.8 Å². The third kappa shape index (κ3) is 3.25. The van der Waals surface area contributed by atoms with Crippen LogP contribution in [0.2, 0.25) is 10.0 Å². The number of hydrogen-bond acceptors (Lipinski definition) is 5. The van der Waals surface area contributed by atoms with Gasteiger partial charge in [0.25, 0.3) is 0 Å². The predicted molar refractivity (Wildman–Crippen MR) is 120 cm³/mol. The molecule has 2 aromatic heterocycles. The molecule has 2 aliphatic heterocycles. The molecule has 4 heterocycles. The normalized spacial score (nSPS) is 23.3. The third-order valence-corrected chi connectivity index (χ3v) is 7.41. The molecule has 1 fully saturated rings. The van der Waals surface area contributed by atoms with Crippen LogP contribution < -0.4 is 0 Å². The number of amidine groups is 1. The minimum absolute atomic E-state index is 0.0217. The second-order valence-corrected chi connectivity index (χ2v) is 8.91. The predicted octanol–water partition coefficient (Wildman–Crippen LogP) is 6.63. The topological polar surface area (TPSA) is 41.6 Å². The van der Waals surface area contributed by atoms with Crippen LogP contribution in [0.25, 0.3) is 11.3 Å². The van der Waals surface area contributed by atoms with Gasteiger partial charge >= 0.3 is 0 Å². The van der Waals surface area contributed by atoms with Gasteiger partial charge in [0.05, 0.1) is 15.7 Å². The van der Waals surface area contributed by atoms with Crippen LogP contribution in [-0.2, 0) is 0 Å². The second-order valence-electron chi connectivity index (χ2n) is 7.14. The standard InChI is InChI=1S/C22H19Cl2N3OS/c1-2-13-12-29-22-26-20(16-8-3-4-11-25-16)21(27(13)22)18-10-9-17(28-18)14-6-5-7-15(23)19(14)24/h3-11,13,20-21H,2,12H2,1H3. The number of aliphatic imine (C=N–C) groups is 1. The number of aromatic nitrogens is 1. The molecule has 0 radical (unpaired) electrons. The summed E-state index contributed by atoms with van der Waals surface area (Å²) in [4.78, 5) is 12.0. The van der Waals surface area contributed by atoms with Crippen molar-refractivity contribution in [2.45, 2.75) is 31.5 Å². The number of thioether (sulfide) groups is 1. The molecule has 7 heteroatoms. The Morgan fingerprint density at radius 1 is 1.14 bits per heavy atom. The van der Waals surface area contributed by atoms with E-state index in [0.29, 0.717) is 21.8 Å². The minimum Gasteiger partial charge on any atom is -0.459 e. The Bertz CT molecular complexity index is 1070. The number of halogens is 2. The largest absolute Gasteiger partial charge is 0.459 e. The Kier molecular flexibility index (Phi) is 5.06. The first kappa shape index (κ1) is 19.0. The number of nitrogens with zero attached hydrogens (tertiary/aromatic N) is 3. The van der Waals surface area contributed by atoms with E-state index in [1.54, 1.807) is 6.07 Å². The van der Waals surface area contributed by atoms with Gasteiger partial charge in [0.15, 0.2) is 5.17 Å². The molecular formula is C22H19Cl2N3OS. The fourth-order valence-electron chi connectivity index (χ4n) is 4.01. The summed E-state index contributed by atoms with van der Waals surface area (Å²) in [5, 5.41) is 2.10. The smallest absolute Gasteiger partial charge is 0.161 e. The van der Waals surface area contributed by atoms with Gasteiger partial charge in [-0.2, -0.15) is 0 Å². The molecule has 148 valence electrons. The van der Waals surface area contributed by atoms with Crippen molar-refractivity contribution in [3.63, 3.8) is 0 Å². The van der Waals surface area contributed by atoms with E-state index in [4.69, 9.17) is 32.6 Å². The van der Waals surface area contributed by atoms with Crippen molar-refractivity contribution in [3.8, 4) is 11.3 Å². The van der Waals surface area contributed by atoms with Crippen molar-refractivity contribution in [3.05, 3.63) is 76.2 Å². The zero-order chi connectivity index (χ0) is 20.0. The van der Waals surface area contributed by atoms with Gasteiger partial charge < -0.3 is 9.32 Å². The molecule has 0 spiro atoms. The molecule has 4 nitrogen and oxygen atoms in total. The zero-order valence-corrected chi connectivity index (χ0v) is 18.1. The average Bonchev–Trinajstić information content (AvgIpc) is 3.45. The van der Waals surface area contributed by atoms with Gasteiger partial charge in [0.2, 0.25) is 0 Å². The fraction of sp³-hybridized carbons (Fsp3) is 0.273. The molecule has 3 atom stereocenters. The summed E-state index contributed by atoms with van der Waals surface area (Å²) < 4.78 is 6.35. The highest BCUT2D eigenvalue weighted by molar-refractivity contribution is 8.14. The number of fused-ring (bicyclic) bond motifs is 1. The summed E-state index contributed by atoms with van der Waals surface area (Å²) in [6.07, 6.45) is 2.88. The van der Waals surface area contributed by atoms with E-state index in [-0.39, 0.29) is 12.1 Å². The quantitative estimate of drug-likeness (QED) is 0.453. The Balaban J connectivity index is 1.57. The highest BCUT2D eigenvalue weighted by atomic mass is 35.5. The van der Waals surface area contributed by atoms with Crippen molar-refractivity contribution >= 4 is 40.1 Å². The monoisotopic (exact) mass is 443 g/mol. The third-order valence-electron chi connectivity index (χ3n) is 5.46. The van der Waals surface area contributed by atoms with Crippen LogP contribution in [0.5, 0.6) is 0 Å². The van der Waals surface area contributed by atoms with Crippen LogP contribution in [0.4, 0.5) is 0 Å². The van der Waals surface area contributed by atoms with Crippen LogP contribution in [0, 0.1) is 0 Å². The van der Waals surface area contributed by atoms with Gasteiger partial charge in [-0.05, 0) is 42.8 Å². The number of rotatable bonds is 4. The first-order valence-corrected chi connectivity index (χ1v) is 11.4. The Morgan fingerprint density at radius 3 is 2.83 bits per heavy atom. The van der Waals surface area contributed by atoms with Gasteiger partial charge in [-0.3, -0.25) is 4.98 Å². The SMILES string of the molecule is CCC1CSC2=NC(c3ccccn3)C(c3ccc(-c4cccc(Cl)c4Cl)o3)N21. The van der Waals surface area contributed by atoms with E-state index in [9.17, 15) is 0 Å². The van der Waals surface area contributed by atoms with Gasteiger partial charge in [0.1, 0.15) is 23.6 Å². The van der Waals surface area contributed by atoms with E-state index >= 15 is 0 Å². The molecule has 0 N–H and O–H groups in total. The Hall–Kier alpha value is -1.95. The van der Waals surface area contributed by atoms with Gasteiger partial charge in [0, 0.05) is 23.6 Å². The van der Waals surface area contributed by atoms with E-state index in [2.05, 4.69) is 16.8 Å².